The number of carbonyl (C=O) groups excluding carboxylic acids is 1. The first-order chi connectivity index (χ1) is 11.6. The first-order valence-corrected chi connectivity index (χ1v) is 8.41. The van der Waals surface area contributed by atoms with Crippen LogP contribution in [0.5, 0.6) is 0 Å². The summed E-state index contributed by atoms with van der Waals surface area (Å²) in [7, 11) is 0. The lowest BCUT2D eigenvalue weighted by atomic mass is 9.87. The normalized spacial score (nSPS) is 23.7. The van der Waals surface area contributed by atoms with Crippen molar-refractivity contribution in [1.29, 1.82) is 0 Å². The van der Waals surface area contributed by atoms with Crippen LogP contribution in [0.25, 0.3) is 0 Å². The number of hydrogen-bond acceptors (Lipinski definition) is 3. The van der Waals surface area contributed by atoms with Crippen LogP contribution in [-0.2, 0) is 0 Å². The zero-order chi connectivity index (χ0) is 16.7. The number of nitrogens with zero attached hydrogens (tertiary/aromatic N) is 1. The fourth-order valence-electron chi connectivity index (χ4n) is 4.17. The second-order valence-corrected chi connectivity index (χ2v) is 6.77. The highest BCUT2D eigenvalue weighted by Crippen LogP contribution is 2.43. The van der Waals surface area contributed by atoms with Crippen molar-refractivity contribution < 1.29 is 4.79 Å². The number of benzene rings is 1. The number of fused-ring (bicyclic) bond motifs is 1. The summed E-state index contributed by atoms with van der Waals surface area (Å²) in [4.78, 5) is 29.3. The molecule has 1 aromatic heterocycles. The second-order valence-electron chi connectivity index (χ2n) is 6.77. The minimum atomic E-state index is -0.241. The van der Waals surface area contributed by atoms with Crippen molar-refractivity contribution in [1.82, 2.24) is 15.2 Å². The van der Waals surface area contributed by atoms with Gasteiger partial charge in [-0.25, -0.2) is 0 Å². The number of carbonyl (C=O) groups is 1. The van der Waals surface area contributed by atoms with Gasteiger partial charge in [-0.05, 0) is 30.0 Å². The van der Waals surface area contributed by atoms with Crippen molar-refractivity contribution in [2.24, 2.45) is 11.8 Å². The molecular weight excluding hydrogens is 373 g/mol. The van der Waals surface area contributed by atoms with Crippen LogP contribution >= 0.6 is 24.8 Å². The maximum Gasteiger partial charge on any atom is 0.270 e. The third kappa shape index (κ3) is 3.52. The summed E-state index contributed by atoms with van der Waals surface area (Å²) in [6.45, 7) is 4.70. The zero-order valence-corrected chi connectivity index (χ0v) is 16.1. The number of hydrogen-bond donors (Lipinski definition) is 2. The minimum Gasteiger partial charge on any atom is -0.330 e. The van der Waals surface area contributed by atoms with Crippen molar-refractivity contribution in [3.63, 3.8) is 0 Å². The number of aryl methyl sites for hydroxylation is 1. The average molecular weight is 396 g/mol. The van der Waals surface area contributed by atoms with E-state index in [4.69, 9.17) is 0 Å². The Hall–Kier alpha value is -1.82. The van der Waals surface area contributed by atoms with Crippen LogP contribution in [0.3, 0.4) is 0 Å². The number of halogens is 2. The standard InChI is InChI=1S/C19H21N3O2.2ClH/c1-12-5-2-3-6-14(12)18-15-10-20-9-13(15)11-22(18)19(24)16-7-4-8-17(23)21-16;;/h2-8,13,15,18,20H,9-11H2,1H3,(H,21,23);2*1H/t13-,15-,18-;;/m0../s1. The van der Waals surface area contributed by atoms with E-state index in [1.54, 1.807) is 12.1 Å². The molecule has 3 heterocycles. The van der Waals surface area contributed by atoms with Crippen LogP contribution in [0, 0.1) is 18.8 Å². The van der Waals surface area contributed by atoms with Gasteiger partial charge < -0.3 is 15.2 Å². The van der Waals surface area contributed by atoms with Crippen molar-refractivity contribution in [3.8, 4) is 0 Å². The third-order valence-corrected chi connectivity index (χ3v) is 5.33. The Bertz CT molecular complexity index is 839. The number of H-pyrrole nitrogens is 1. The number of aromatic nitrogens is 1. The van der Waals surface area contributed by atoms with Crippen LogP contribution in [0.1, 0.15) is 27.7 Å². The van der Waals surface area contributed by atoms with Gasteiger partial charge in [-0.1, -0.05) is 30.3 Å². The molecule has 2 aliphatic rings. The highest BCUT2D eigenvalue weighted by Gasteiger charge is 2.47. The lowest BCUT2D eigenvalue weighted by molar-refractivity contribution is 0.0707. The highest BCUT2D eigenvalue weighted by molar-refractivity contribution is 5.92. The molecule has 5 nitrogen and oxygen atoms in total. The van der Waals surface area contributed by atoms with E-state index in [9.17, 15) is 9.59 Å². The average Bonchev–Trinajstić information content (AvgIpc) is 3.16. The van der Waals surface area contributed by atoms with Crippen molar-refractivity contribution in [2.45, 2.75) is 13.0 Å². The molecular formula is C19H23Cl2N3O2. The SMILES string of the molecule is Cc1ccccc1[C@H]1[C@H]2CNC[C@H]2CN1C(=O)c1cccc(=O)[nH]1.Cl.Cl. The van der Waals surface area contributed by atoms with Crippen molar-refractivity contribution in [2.75, 3.05) is 19.6 Å². The van der Waals surface area contributed by atoms with E-state index in [1.165, 1.54) is 17.2 Å². The number of aromatic amines is 1. The maximum atomic E-state index is 13.1. The molecule has 0 radical (unpaired) electrons. The first kappa shape index (κ1) is 20.5. The molecule has 26 heavy (non-hydrogen) atoms. The molecule has 4 rings (SSSR count). The Morgan fingerprint density at radius 1 is 1.08 bits per heavy atom. The number of pyridine rings is 1. The molecule has 2 N–H and O–H groups in total. The Balaban J connectivity index is 0.00000121. The van der Waals surface area contributed by atoms with E-state index in [2.05, 4.69) is 29.4 Å². The molecule has 0 saturated carbocycles. The fourth-order valence-corrected chi connectivity index (χ4v) is 4.17. The van der Waals surface area contributed by atoms with Gasteiger partial charge in [0.05, 0.1) is 6.04 Å². The van der Waals surface area contributed by atoms with E-state index in [-0.39, 0.29) is 42.3 Å². The van der Waals surface area contributed by atoms with Crippen molar-refractivity contribution >= 4 is 30.7 Å². The third-order valence-electron chi connectivity index (χ3n) is 5.33. The Morgan fingerprint density at radius 2 is 1.85 bits per heavy atom. The molecule has 1 amide bonds. The minimum absolute atomic E-state index is 0. The Morgan fingerprint density at radius 3 is 2.58 bits per heavy atom. The van der Waals surface area contributed by atoms with E-state index in [0.717, 1.165) is 19.6 Å². The molecule has 7 heteroatoms. The smallest absolute Gasteiger partial charge is 0.270 e. The van der Waals surface area contributed by atoms with Gasteiger partial charge in [-0.3, -0.25) is 9.59 Å². The molecule has 140 valence electrons. The van der Waals surface area contributed by atoms with Crippen LogP contribution in [0.4, 0.5) is 0 Å². The van der Waals surface area contributed by atoms with Crippen LogP contribution in [0.2, 0.25) is 0 Å². The summed E-state index contributed by atoms with van der Waals surface area (Å²) in [5, 5.41) is 3.46. The summed E-state index contributed by atoms with van der Waals surface area (Å²) in [6.07, 6.45) is 0. The second kappa shape index (κ2) is 8.25. The summed E-state index contributed by atoms with van der Waals surface area (Å²) in [5.74, 6) is 0.801. The van der Waals surface area contributed by atoms with Gasteiger partial charge in [0, 0.05) is 31.6 Å². The van der Waals surface area contributed by atoms with E-state index < -0.39 is 0 Å². The largest absolute Gasteiger partial charge is 0.330 e. The number of nitrogens with one attached hydrogen (secondary N) is 2. The summed E-state index contributed by atoms with van der Waals surface area (Å²) >= 11 is 0. The van der Waals surface area contributed by atoms with Gasteiger partial charge in [0.25, 0.3) is 5.91 Å². The topological polar surface area (TPSA) is 65.2 Å². The van der Waals surface area contributed by atoms with Crippen LogP contribution in [-0.4, -0.2) is 35.4 Å². The molecule has 0 bridgehead atoms. The summed E-state index contributed by atoms with van der Waals surface area (Å²) in [6, 6.07) is 13.1. The van der Waals surface area contributed by atoms with E-state index in [0.29, 0.717) is 17.5 Å². The molecule has 0 unspecified atom stereocenters. The predicted octanol–water partition coefficient (Wildman–Crippen LogP) is 2.56. The molecule has 0 aliphatic carbocycles. The molecule has 3 atom stereocenters. The lowest BCUT2D eigenvalue weighted by Gasteiger charge is -2.29. The van der Waals surface area contributed by atoms with Gasteiger partial charge in [0.1, 0.15) is 5.69 Å². The van der Waals surface area contributed by atoms with Crippen LogP contribution < -0.4 is 10.9 Å². The van der Waals surface area contributed by atoms with Gasteiger partial charge in [-0.15, -0.1) is 24.8 Å². The lowest BCUT2D eigenvalue weighted by Crippen LogP contribution is -2.36. The zero-order valence-electron chi connectivity index (χ0n) is 14.5. The number of rotatable bonds is 2. The molecule has 1 aromatic carbocycles. The Labute approximate surface area is 165 Å². The predicted molar refractivity (Wildman–Crippen MR) is 106 cm³/mol. The van der Waals surface area contributed by atoms with Gasteiger partial charge in [-0.2, -0.15) is 0 Å². The number of likely N-dealkylation sites (tertiary alicyclic amines) is 1. The quantitative estimate of drug-likeness (QED) is 0.820. The molecule has 2 fully saturated rings. The highest BCUT2D eigenvalue weighted by atomic mass is 35.5. The van der Waals surface area contributed by atoms with E-state index in [1.807, 2.05) is 17.0 Å². The van der Waals surface area contributed by atoms with E-state index >= 15 is 0 Å². The van der Waals surface area contributed by atoms with Crippen molar-refractivity contribution in [3.05, 3.63) is 69.6 Å². The Kier molecular flexibility index (Phi) is 6.50. The molecule has 2 saturated heterocycles. The molecule has 0 spiro atoms. The van der Waals surface area contributed by atoms with Crippen LogP contribution in [0.15, 0.2) is 47.3 Å². The monoisotopic (exact) mass is 395 g/mol. The number of amides is 1. The first-order valence-electron chi connectivity index (χ1n) is 8.41. The molecule has 2 aliphatic heterocycles. The van der Waals surface area contributed by atoms with Gasteiger partial charge in [0.15, 0.2) is 0 Å². The van der Waals surface area contributed by atoms with Gasteiger partial charge in [0.2, 0.25) is 5.56 Å². The van der Waals surface area contributed by atoms with Gasteiger partial charge >= 0.3 is 0 Å². The maximum absolute atomic E-state index is 13.1. The molecule has 2 aromatic rings. The summed E-state index contributed by atoms with van der Waals surface area (Å²) < 4.78 is 0. The fraction of sp³-hybridized carbons (Fsp3) is 0.368. The summed E-state index contributed by atoms with van der Waals surface area (Å²) in [5.41, 5.74) is 2.54.